The number of ether oxygens (including phenoxy) is 1. The topological polar surface area (TPSA) is 61.3 Å². The van der Waals surface area contributed by atoms with Crippen LogP contribution in [-0.4, -0.2) is 11.2 Å². The molecule has 1 unspecified atom stereocenters. The lowest BCUT2D eigenvalue weighted by Crippen LogP contribution is -2.17. The zero-order valence-corrected chi connectivity index (χ0v) is 11.0. The second kappa shape index (κ2) is 5.84. The third-order valence-corrected chi connectivity index (χ3v) is 2.55. The minimum Gasteiger partial charge on any atom is -0.487 e. The van der Waals surface area contributed by atoms with Crippen LogP contribution in [0.4, 0.5) is 4.39 Å². The fourth-order valence-electron chi connectivity index (χ4n) is 1.84. The second-order valence-electron chi connectivity index (χ2n) is 4.69. The molecule has 0 bridgehead atoms. The molecule has 0 amide bonds. The van der Waals surface area contributed by atoms with E-state index in [1.54, 1.807) is 19.1 Å². The Morgan fingerprint density at radius 3 is 2.79 bits per heavy atom. The molecule has 0 radical (unpaired) electrons. The van der Waals surface area contributed by atoms with E-state index < -0.39 is 0 Å². The minimum atomic E-state index is -0.329. The molecule has 19 heavy (non-hydrogen) atoms. The molecule has 1 aromatic heterocycles. The Morgan fingerprint density at radius 2 is 2.16 bits per heavy atom. The lowest BCUT2D eigenvalue weighted by atomic mass is 10.1. The van der Waals surface area contributed by atoms with E-state index in [0.29, 0.717) is 17.9 Å². The Balaban J connectivity index is 2.05. The fourth-order valence-corrected chi connectivity index (χ4v) is 1.84. The maximum Gasteiger partial charge on any atom is 0.134 e. The summed E-state index contributed by atoms with van der Waals surface area (Å²) in [6.45, 7) is 3.93. The van der Waals surface area contributed by atoms with E-state index in [1.165, 1.54) is 12.1 Å². The van der Waals surface area contributed by atoms with E-state index in [1.807, 2.05) is 6.92 Å². The number of nitrogens with two attached hydrogens (primary N) is 1. The summed E-state index contributed by atoms with van der Waals surface area (Å²) in [5.74, 6) is 0.858. The molecule has 0 aliphatic heterocycles. The van der Waals surface area contributed by atoms with Crippen molar-refractivity contribution in [3.63, 3.8) is 0 Å². The number of aromatic nitrogens is 1. The Labute approximate surface area is 111 Å². The van der Waals surface area contributed by atoms with Gasteiger partial charge in [-0.05, 0) is 38.0 Å². The van der Waals surface area contributed by atoms with Crippen molar-refractivity contribution in [2.24, 2.45) is 5.73 Å². The molecular weight excluding hydrogens is 247 g/mol. The summed E-state index contributed by atoms with van der Waals surface area (Å²) >= 11 is 0. The third-order valence-electron chi connectivity index (χ3n) is 2.55. The van der Waals surface area contributed by atoms with Gasteiger partial charge in [-0.3, -0.25) is 0 Å². The third kappa shape index (κ3) is 4.06. The monoisotopic (exact) mass is 264 g/mol. The van der Waals surface area contributed by atoms with E-state index in [0.717, 1.165) is 11.3 Å². The van der Waals surface area contributed by atoms with Crippen LogP contribution >= 0.6 is 0 Å². The van der Waals surface area contributed by atoms with Gasteiger partial charge < -0.3 is 15.0 Å². The molecule has 0 saturated heterocycles. The molecule has 0 saturated carbocycles. The van der Waals surface area contributed by atoms with Gasteiger partial charge in [-0.25, -0.2) is 4.39 Å². The molecule has 0 aliphatic rings. The first-order chi connectivity index (χ1) is 9.02. The van der Waals surface area contributed by atoms with Gasteiger partial charge in [0.1, 0.15) is 29.6 Å². The first-order valence-electron chi connectivity index (χ1n) is 6.13. The van der Waals surface area contributed by atoms with Crippen LogP contribution in [0.3, 0.4) is 0 Å². The average molecular weight is 264 g/mol. The summed E-state index contributed by atoms with van der Waals surface area (Å²) in [6, 6.07) is 6.36. The molecule has 0 aliphatic carbocycles. The van der Waals surface area contributed by atoms with Gasteiger partial charge in [-0.15, -0.1) is 0 Å². The average Bonchev–Trinajstić information content (AvgIpc) is 2.71. The van der Waals surface area contributed by atoms with Crippen LogP contribution < -0.4 is 10.5 Å². The Hall–Kier alpha value is -1.88. The number of halogens is 1. The molecule has 0 fully saturated rings. The molecule has 5 heteroatoms. The highest BCUT2D eigenvalue weighted by Gasteiger charge is 2.06. The predicted octanol–water partition coefficient (Wildman–Crippen LogP) is 2.59. The molecular formula is C14H17FN2O2. The maximum atomic E-state index is 13.5. The summed E-state index contributed by atoms with van der Waals surface area (Å²) in [5, 5.41) is 3.81. The minimum absolute atomic E-state index is 0.0205. The largest absolute Gasteiger partial charge is 0.487 e. The lowest BCUT2D eigenvalue weighted by molar-refractivity contribution is 0.286. The van der Waals surface area contributed by atoms with Gasteiger partial charge in [-0.1, -0.05) is 5.16 Å². The summed E-state index contributed by atoms with van der Waals surface area (Å²) in [7, 11) is 0. The number of hydrogen-bond acceptors (Lipinski definition) is 4. The first-order valence-corrected chi connectivity index (χ1v) is 6.13. The molecule has 1 aromatic carbocycles. The van der Waals surface area contributed by atoms with Gasteiger partial charge in [0, 0.05) is 18.2 Å². The van der Waals surface area contributed by atoms with Crippen molar-refractivity contribution in [1.29, 1.82) is 0 Å². The van der Waals surface area contributed by atoms with E-state index in [4.69, 9.17) is 15.0 Å². The summed E-state index contributed by atoms with van der Waals surface area (Å²) in [4.78, 5) is 0. The summed E-state index contributed by atoms with van der Waals surface area (Å²) in [6.07, 6.45) is 0.608. The molecule has 2 rings (SSSR count). The lowest BCUT2D eigenvalue weighted by Gasteiger charge is -2.09. The highest BCUT2D eigenvalue weighted by Crippen LogP contribution is 2.18. The van der Waals surface area contributed by atoms with Gasteiger partial charge in [0.05, 0.1) is 0 Å². The van der Waals surface area contributed by atoms with Gasteiger partial charge in [0.25, 0.3) is 0 Å². The van der Waals surface area contributed by atoms with Crippen molar-refractivity contribution >= 4 is 0 Å². The quantitative estimate of drug-likeness (QED) is 0.901. The normalized spacial score (nSPS) is 12.4. The van der Waals surface area contributed by atoms with Crippen molar-refractivity contribution in [3.8, 4) is 5.75 Å². The SMILES string of the molecule is Cc1cc(COc2cc(F)cc(CC(C)N)c2)no1. The second-order valence-corrected chi connectivity index (χ2v) is 4.69. The van der Waals surface area contributed by atoms with E-state index >= 15 is 0 Å². The zero-order chi connectivity index (χ0) is 13.8. The van der Waals surface area contributed by atoms with Crippen molar-refractivity contribution in [2.75, 3.05) is 0 Å². The van der Waals surface area contributed by atoms with Crippen molar-refractivity contribution in [2.45, 2.75) is 32.9 Å². The van der Waals surface area contributed by atoms with Crippen molar-refractivity contribution < 1.29 is 13.7 Å². The number of rotatable bonds is 5. The Bertz CT molecular complexity index is 552. The van der Waals surface area contributed by atoms with Crippen LogP contribution in [0, 0.1) is 12.7 Å². The smallest absolute Gasteiger partial charge is 0.134 e. The highest BCUT2D eigenvalue weighted by molar-refractivity contribution is 5.30. The number of benzene rings is 1. The van der Waals surface area contributed by atoms with Crippen molar-refractivity contribution in [3.05, 3.63) is 47.1 Å². The Kier molecular flexibility index (Phi) is 4.16. The molecule has 1 heterocycles. The molecule has 102 valence electrons. The standard InChI is InChI=1S/C14H17FN2O2/c1-9(16)3-11-5-12(15)7-14(6-11)18-8-13-4-10(2)19-17-13/h4-7,9H,3,8,16H2,1-2H3. The highest BCUT2D eigenvalue weighted by atomic mass is 19.1. The van der Waals surface area contributed by atoms with Crippen LogP contribution in [0.15, 0.2) is 28.8 Å². The van der Waals surface area contributed by atoms with Crippen LogP contribution in [0.5, 0.6) is 5.75 Å². The molecule has 2 N–H and O–H groups in total. The first kappa shape index (κ1) is 13.5. The Morgan fingerprint density at radius 1 is 1.37 bits per heavy atom. The summed E-state index contributed by atoms with van der Waals surface area (Å²) in [5.41, 5.74) is 7.20. The van der Waals surface area contributed by atoms with Gasteiger partial charge in [-0.2, -0.15) is 0 Å². The number of aryl methyl sites for hydroxylation is 1. The molecule has 4 nitrogen and oxygen atoms in total. The number of hydrogen-bond donors (Lipinski definition) is 1. The van der Waals surface area contributed by atoms with Crippen molar-refractivity contribution in [1.82, 2.24) is 5.16 Å². The van der Waals surface area contributed by atoms with E-state index in [2.05, 4.69) is 5.16 Å². The van der Waals surface area contributed by atoms with Gasteiger partial charge in [0.15, 0.2) is 0 Å². The zero-order valence-electron chi connectivity index (χ0n) is 11.0. The van der Waals surface area contributed by atoms with Gasteiger partial charge >= 0.3 is 0 Å². The van der Waals surface area contributed by atoms with E-state index in [-0.39, 0.29) is 18.5 Å². The molecule has 0 spiro atoms. The van der Waals surface area contributed by atoms with Crippen LogP contribution in [-0.2, 0) is 13.0 Å². The molecule has 1 atom stereocenters. The summed E-state index contributed by atoms with van der Waals surface area (Å²) < 4.78 is 23.9. The fraction of sp³-hybridized carbons (Fsp3) is 0.357. The maximum absolute atomic E-state index is 13.5. The van der Waals surface area contributed by atoms with Crippen LogP contribution in [0.1, 0.15) is 23.9 Å². The van der Waals surface area contributed by atoms with Gasteiger partial charge in [0.2, 0.25) is 0 Å². The number of nitrogens with zero attached hydrogens (tertiary/aromatic N) is 1. The van der Waals surface area contributed by atoms with Crippen LogP contribution in [0.25, 0.3) is 0 Å². The van der Waals surface area contributed by atoms with Crippen LogP contribution in [0.2, 0.25) is 0 Å². The predicted molar refractivity (Wildman–Crippen MR) is 69.3 cm³/mol. The molecule has 2 aromatic rings. The van der Waals surface area contributed by atoms with E-state index in [9.17, 15) is 4.39 Å².